The summed E-state index contributed by atoms with van der Waals surface area (Å²) < 4.78 is 4.30. The minimum atomic E-state index is 0.435. The summed E-state index contributed by atoms with van der Waals surface area (Å²) >= 11 is 0. The van der Waals surface area contributed by atoms with E-state index in [0.717, 1.165) is 5.69 Å². The third-order valence-corrected chi connectivity index (χ3v) is 1.25. The summed E-state index contributed by atoms with van der Waals surface area (Å²) in [6.45, 7) is 0. The van der Waals surface area contributed by atoms with Crippen LogP contribution in [-0.4, -0.2) is 25.5 Å². The monoisotopic (exact) mass is 163 g/mol. The molecule has 0 saturated heterocycles. The Labute approximate surface area is 67.3 Å². The van der Waals surface area contributed by atoms with Gasteiger partial charge in [0, 0.05) is 0 Å². The topological polar surface area (TPSA) is 80.5 Å². The Morgan fingerprint density at radius 1 is 1.42 bits per heavy atom. The van der Waals surface area contributed by atoms with Crippen molar-refractivity contribution in [2.75, 3.05) is 0 Å². The summed E-state index contributed by atoms with van der Waals surface area (Å²) in [7, 11) is 0. The van der Waals surface area contributed by atoms with Crippen LogP contribution in [0.2, 0.25) is 0 Å². The van der Waals surface area contributed by atoms with Crippen molar-refractivity contribution in [1.82, 2.24) is 25.5 Å². The lowest BCUT2D eigenvalue weighted by Gasteiger charge is -1.78. The molecule has 0 spiro atoms. The van der Waals surface area contributed by atoms with Crippen molar-refractivity contribution in [2.24, 2.45) is 0 Å². The lowest BCUT2D eigenvalue weighted by molar-refractivity contribution is 0.292. The lowest BCUT2D eigenvalue weighted by Crippen LogP contribution is -1.74. The highest BCUT2D eigenvalue weighted by atomic mass is 16.6. The SMILES string of the molecule is C(=C\c1cnc[nH]1)/c1nnon1. The second kappa shape index (κ2) is 2.95. The number of rotatable bonds is 2. The van der Waals surface area contributed by atoms with Crippen molar-refractivity contribution in [3.8, 4) is 0 Å². The molecule has 2 aromatic heterocycles. The van der Waals surface area contributed by atoms with E-state index >= 15 is 0 Å². The predicted molar refractivity (Wildman–Crippen MR) is 39.6 cm³/mol. The number of aromatic nitrogens is 5. The molecular formula is C6H5N5O. The lowest BCUT2D eigenvalue weighted by atomic mass is 10.4. The number of hydrogen-bond donors (Lipinski definition) is 1. The Morgan fingerprint density at radius 2 is 2.42 bits per heavy atom. The van der Waals surface area contributed by atoms with Gasteiger partial charge in [-0.3, -0.25) is 0 Å². The standard InChI is InChI=1S/C6H5N5O/c1(5-3-7-4-8-5)2-6-9-11-12-10-6/h1-4H,(H,7,8)/b2-1+. The second-order valence-corrected chi connectivity index (χ2v) is 2.05. The van der Waals surface area contributed by atoms with Crippen LogP contribution in [0.4, 0.5) is 0 Å². The maximum Gasteiger partial charge on any atom is 0.219 e. The predicted octanol–water partition coefficient (Wildman–Crippen LogP) is 0.358. The van der Waals surface area contributed by atoms with Crippen molar-refractivity contribution >= 4 is 12.2 Å². The first kappa shape index (κ1) is 6.71. The van der Waals surface area contributed by atoms with E-state index in [2.05, 4.69) is 30.1 Å². The third-order valence-electron chi connectivity index (χ3n) is 1.25. The molecule has 0 aliphatic carbocycles. The zero-order valence-corrected chi connectivity index (χ0v) is 6.01. The quantitative estimate of drug-likeness (QED) is 0.691. The number of H-pyrrole nitrogens is 1. The Balaban J connectivity index is 2.14. The maximum absolute atomic E-state index is 4.30. The molecule has 60 valence electrons. The average Bonchev–Trinajstić information content (AvgIpc) is 2.74. The highest BCUT2D eigenvalue weighted by Gasteiger charge is 1.92. The van der Waals surface area contributed by atoms with Gasteiger partial charge in [0.15, 0.2) is 0 Å². The summed E-state index contributed by atoms with van der Waals surface area (Å²) in [6.07, 6.45) is 6.72. The number of nitrogens with one attached hydrogen (secondary N) is 1. The van der Waals surface area contributed by atoms with Gasteiger partial charge < -0.3 is 4.98 Å². The van der Waals surface area contributed by atoms with E-state index in [-0.39, 0.29) is 0 Å². The van der Waals surface area contributed by atoms with Crippen molar-refractivity contribution < 1.29 is 4.63 Å². The summed E-state index contributed by atoms with van der Waals surface area (Å²) in [5.41, 5.74) is 0.875. The fourth-order valence-electron chi connectivity index (χ4n) is 0.724. The number of hydrogen-bond acceptors (Lipinski definition) is 5. The number of imidazole rings is 1. The first-order chi connectivity index (χ1) is 5.95. The molecule has 0 unspecified atom stereocenters. The van der Waals surface area contributed by atoms with Crippen molar-refractivity contribution in [1.29, 1.82) is 0 Å². The van der Waals surface area contributed by atoms with Gasteiger partial charge in [-0.2, -0.15) is 0 Å². The van der Waals surface area contributed by atoms with Crippen molar-refractivity contribution in [2.45, 2.75) is 0 Å². The van der Waals surface area contributed by atoms with Crippen molar-refractivity contribution in [3.63, 3.8) is 0 Å². The molecule has 0 aliphatic rings. The normalized spacial score (nSPS) is 11.0. The van der Waals surface area contributed by atoms with Gasteiger partial charge in [-0.25, -0.2) is 9.61 Å². The van der Waals surface area contributed by atoms with Gasteiger partial charge in [0.2, 0.25) is 5.82 Å². The van der Waals surface area contributed by atoms with Crippen LogP contribution in [0.1, 0.15) is 11.5 Å². The average molecular weight is 163 g/mol. The summed E-state index contributed by atoms with van der Waals surface area (Å²) in [5.74, 6) is 0.435. The van der Waals surface area contributed by atoms with Gasteiger partial charge in [0.1, 0.15) is 0 Å². The van der Waals surface area contributed by atoms with Gasteiger partial charge in [0.05, 0.1) is 23.5 Å². The fourth-order valence-corrected chi connectivity index (χ4v) is 0.724. The van der Waals surface area contributed by atoms with E-state index in [1.807, 2.05) is 0 Å². The van der Waals surface area contributed by atoms with Crippen LogP contribution in [0.3, 0.4) is 0 Å². The summed E-state index contributed by atoms with van der Waals surface area (Å²) in [4.78, 5) is 6.73. The van der Waals surface area contributed by atoms with E-state index in [4.69, 9.17) is 0 Å². The van der Waals surface area contributed by atoms with Gasteiger partial charge in [-0.05, 0) is 17.3 Å². The first-order valence-corrected chi connectivity index (χ1v) is 3.27. The summed E-state index contributed by atoms with van der Waals surface area (Å²) in [6, 6.07) is 0. The van der Waals surface area contributed by atoms with Crippen LogP contribution in [0.25, 0.3) is 12.2 Å². The molecule has 2 aromatic rings. The van der Waals surface area contributed by atoms with Crippen LogP contribution in [0.15, 0.2) is 17.2 Å². The highest BCUT2D eigenvalue weighted by molar-refractivity contribution is 5.63. The fraction of sp³-hybridized carbons (Fsp3) is 0. The molecule has 1 N–H and O–H groups in total. The third kappa shape index (κ3) is 1.36. The Hall–Kier alpha value is -1.98. The van der Waals surface area contributed by atoms with E-state index in [1.165, 1.54) is 0 Å². The molecular weight excluding hydrogens is 158 g/mol. The molecule has 0 amide bonds. The maximum atomic E-state index is 4.30. The van der Waals surface area contributed by atoms with Gasteiger partial charge in [-0.1, -0.05) is 5.10 Å². The number of aromatic amines is 1. The van der Waals surface area contributed by atoms with Gasteiger partial charge in [-0.15, -0.1) is 0 Å². The molecule has 12 heavy (non-hydrogen) atoms. The Bertz CT molecular complexity index is 313. The highest BCUT2D eigenvalue weighted by Crippen LogP contribution is 1.98. The Kier molecular flexibility index (Phi) is 1.65. The van der Waals surface area contributed by atoms with Crippen LogP contribution >= 0.6 is 0 Å². The zero-order valence-electron chi connectivity index (χ0n) is 6.01. The molecule has 0 fully saturated rings. The Morgan fingerprint density at radius 3 is 3.08 bits per heavy atom. The first-order valence-electron chi connectivity index (χ1n) is 3.27. The van der Waals surface area contributed by atoms with Crippen LogP contribution in [0.5, 0.6) is 0 Å². The molecule has 0 bridgehead atoms. The van der Waals surface area contributed by atoms with Crippen LogP contribution in [0, 0.1) is 0 Å². The smallest absolute Gasteiger partial charge is 0.219 e. The van der Waals surface area contributed by atoms with Gasteiger partial charge >= 0.3 is 0 Å². The minimum absolute atomic E-state index is 0.435. The largest absolute Gasteiger partial charge is 0.345 e. The van der Waals surface area contributed by atoms with Crippen molar-refractivity contribution in [3.05, 3.63) is 24.0 Å². The molecule has 0 aliphatic heterocycles. The van der Waals surface area contributed by atoms with E-state index in [9.17, 15) is 0 Å². The second-order valence-electron chi connectivity index (χ2n) is 2.05. The van der Waals surface area contributed by atoms with E-state index in [1.54, 1.807) is 24.7 Å². The summed E-state index contributed by atoms with van der Waals surface area (Å²) in [5, 5.41) is 10.3. The van der Waals surface area contributed by atoms with Gasteiger partial charge in [0.25, 0.3) is 0 Å². The molecule has 0 radical (unpaired) electrons. The molecule has 2 rings (SSSR count). The van der Waals surface area contributed by atoms with Crippen LogP contribution < -0.4 is 0 Å². The number of nitrogens with zero attached hydrogens (tertiary/aromatic N) is 4. The molecule has 0 atom stereocenters. The molecule has 6 nitrogen and oxygen atoms in total. The van der Waals surface area contributed by atoms with E-state index in [0.29, 0.717) is 5.82 Å². The van der Waals surface area contributed by atoms with E-state index < -0.39 is 0 Å². The van der Waals surface area contributed by atoms with Crippen LogP contribution in [-0.2, 0) is 0 Å². The molecule has 0 aromatic carbocycles. The molecule has 0 saturated carbocycles. The minimum Gasteiger partial charge on any atom is -0.345 e. The molecule has 2 heterocycles. The molecule has 6 heteroatoms. The zero-order chi connectivity index (χ0) is 8.23.